The van der Waals surface area contributed by atoms with Crippen molar-refractivity contribution < 1.29 is 30.0 Å². The first-order chi connectivity index (χ1) is 16.3. The van der Waals surface area contributed by atoms with Gasteiger partial charge in [0, 0.05) is 17.9 Å². The van der Waals surface area contributed by atoms with E-state index in [2.05, 4.69) is 0 Å². The molecule has 2 bridgehead atoms. The molecule has 0 aliphatic heterocycles. The van der Waals surface area contributed by atoms with E-state index in [-0.39, 0.29) is 34.6 Å². The van der Waals surface area contributed by atoms with Gasteiger partial charge in [-0.15, -0.1) is 0 Å². The Kier molecular flexibility index (Phi) is 5.21. The molecule has 4 N–H and O–H groups in total. The van der Waals surface area contributed by atoms with Gasteiger partial charge in [0.1, 0.15) is 23.0 Å². The molecule has 34 heavy (non-hydrogen) atoms. The number of benzene rings is 3. The molecule has 6 heteroatoms. The van der Waals surface area contributed by atoms with E-state index >= 15 is 0 Å². The van der Waals surface area contributed by atoms with E-state index in [0.717, 1.165) is 11.1 Å². The van der Waals surface area contributed by atoms with Crippen molar-refractivity contribution in [2.24, 2.45) is 11.8 Å². The minimum Gasteiger partial charge on any atom is -0.508 e. The largest absolute Gasteiger partial charge is 0.508 e. The quantitative estimate of drug-likeness (QED) is 0.434. The molecule has 0 spiro atoms. The van der Waals surface area contributed by atoms with Gasteiger partial charge in [0.15, 0.2) is 11.6 Å². The number of hydrogen-bond donors (Lipinski definition) is 4. The van der Waals surface area contributed by atoms with E-state index in [4.69, 9.17) is 0 Å². The lowest BCUT2D eigenvalue weighted by molar-refractivity contribution is -0.130. The lowest BCUT2D eigenvalue weighted by Crippen LogP contribution is -2.29. The van der Waals surface area contributed by atoms with Gasteiger partial charge in [-0.3, -0.25) is 9.59 Å². The number of fused-ring (bicyclic) bond motifs is 2. The standard InChI is InChI=1S/C28H22O6/c29-19-7-2-15(3-8-19)1-4-17-13-23(33)27-24(16-5-9-20(30)10-6-16)25(26(17)28(27)34)18-11-21(31)14-22(32)12-18/h1-14,24-27,29-32H/b4-1+/t24-,25-,26+,27-/m0/s1. The number of aromatic hydroxyl groups is 4. The number of ketones is 2. The van der Waals surface area contributed by atoms with E-state index in [9.17, 15) is 30.0 Å². The first kappa shape index (κ1) is 21.5. The normalized spacial score (nSPS) is 23.9. The number of phenols is 4. The zero-order chi connectivity index (χ0) is 24.0. The van der Waals surface area contributed by atoms with Gasteiger partial charge < -0.3 is 20.4 Å². The van der Waals surface area contributed by atoms with E-state index in [0.29, 0.717) is 11.1 Å². The Morgan fingerprint density at radius 3 is 1.76 bits per heavy atom. The van der Waals surface area contributed by atoms with E-state index in [1.165, 1.54) is 36.4 Å². The molecular formula is C28H22O6. The molecular weight excluding hydrogens is 432 g/mol. The maximum absolute atomic E-state index is 13.6. The lowest BCUT2D eigenvalue weighted by Gasteiger charge is -2.25. The highest BCUT2D eigenvalue weighted by atomic mass is 16.3. The fourth-order valence-corrected chi connectivity index (χ4v) is 5.23. The van der Waals surface area contributed by atoms with Crippen LogP contribution >= 0.6 is 0 Å². The van der Waals surface area contributed by atoms with Gasteiger partial charge in [0.05, 0.1) is 11.8 Å². The molecule has 1 saturated carbocycles. The summed E-state index contributed by atoms with van der Waals surface area (Å²) in [6, 6.07) is 17.2. The van der Waals surface area contributed by atoms with Crippen molar-refractivity contribution in [3.8, 4) is 23.0 Å². The van der Waals surface area contributed by atoms with Crippen LogP contribution in [0, 0.1) is 11.8 Å². The van der Waals surface area contributed by atoms with Crippen molar-refractivity contribution in [1.29, 1.82) is 0 Å². The molecule has 1 fully saturated rings. The molecule has 2 aliphatic carbocycles. The number of carbonyl (C=O) groups excluding carboxylic acids is 2. The van der Waals surface area contributed by atoms with Crippen LogP contribution in [-0.4, -0.2) is 32.0 Å². The minimum absolute atomic E-state index is 0.0737. The van der Waals surface area contributed by atoms with Gasteiger partial charge >= 0.3 is 0 Å². The first-order valence-corrected chi connectivity index (χ1v) is 10.9. The summed E-state index contributed by atoms with van der Waals surface area (Å²) in [4.78, 5) is 26.7. The summed E-state index contributed by atoms with van der Waals surface area (Å²) in [5, 5.41) is 39.6. The Bertz CT molecular complexity index is 1310. The molecule has 3 aromatic rings. The smallest absolute Gasteiger partial charge is 0.167 e. The van der Waals surface area contributed by atoms with Crippen LogP contribution in [0.4, 0.5) is 0 Å². The third-order valence-corrected chi connectivity index (χ3v) is 6.64. The summed E-state index contributed by atoms with van der Waals surface area (Å²) >= 11 is 0. The highest BCUT2D eigenvalue weighted by molar-refractivity contribution is 6.15. The third kappa shape index (κ3) is 3.73. The fraction of sp³-hybridized carbons (Fsp3) is 0.143. The second-order valence-electron chi connectivity index (χ2n) is 8.76. The van der Waals surface area contributed by atoms with Gasteiger partial charge in [0.25, 0.3) is 0 Å². The van der Waals surface area contributed by atoms with Crippen LogP contribution in [0.2, 0.25) is 0 Å². The number of allylic oxidation sites excluding steroid dienone is 3. The van der Waals surface area contributed by atoms with Crippen LogP contribution in [0.25, 0.3) is 6.08 Å². The SMILES string of the molecule is O=C1C=C(/C=C/c2ccc(O)cc2)[C@H]2C(=O)[C@@H]1[C@@H](c1ccc(O)cc1)[C@@H]2c1cc(O)cc(O)c1. The van der Waals surface area contributed by atoms with Crippen LogP contribution < -0.4 is 0 Å². The predicted octanol–water partition coefficient (Wildman–Crippen LogP) is 4.41. The summed E-state index contributed by atoms with van der Waals surface area (Å²) < 4.78 is 0. The van der Waals surface area contributed by atoms with Crippen molar-refractivity contribution in [2.75, 3.05) is 0 Å². The Balaban J connectivity index is 1.63. The van der Waals surface area contributed by atoms with E-state index < -0.39 is 23.7 Å². The van der Waals surface area contributed by atoms with E-state index in [1.54, 1.807) is 48.6 Å². The van der Waals surface area contributed by atoms with Crippen molar-refractivity contribution in [3.63, 3.8) is 0 Å². The van der Waals surface area contributed by atoms with Crippen LogP contribution in [0.3, 0.4) is 0 Å². The first-order valence-electron chi connectivity index (χ1n) is 10.9. The van der Waals surface area contributed by atoms with Crippen molar-refractivity contribution in [1.82, 2.24) is 0 Å². The van der Waals surface area contributed by atoms with E-state index in [1.807, 2.05) is 0 Å². The summed E-state index contributed by atoms with van der Waals surface area (Å²) in [6.07, 6.45) is 5.01. The lowest BCUT2D eigenvalue weighted by atomic mass is 9.77. The molecule has 3 aromatic carbocycles. The third-order valence-electron chi connectivity index (χ3n) is 6.64. The summed E-state index contributed by atoms with van der Waals surface area (Å²) in [5.74, 6) is -3.14. The van der Waals surface area contributed by atoms with Crippen LogP contribution in [0.15, 0.2) is 84.5 Å². The number of Topliss-reactive ketones (excluding diaryl/α,β-unsaturated/α-hetero) is 1. The molecule has 0 amide bonds. The number of rotatable bonds is 4. The zero-order valence-electron chi connectivity index (χ0n) is 18.0. The average molecular weight is 454 g/mol. The summed E-state index contributed by atoms with van der Waals surface area (Å²) in [7, 11) is 0. The number of hydrogen-bond acceptors (Lipinski definition) is 6. The molecule has 0 radical (unpaired) electrons. The highest BCUT2D eigenvalue weighted by Crippen LogP contribution is 2.56. The zero-order valence-corrected chi connectivity index (χ0v) is 18.0. The average Bonchev–Trinajstić information content (AvgIpc) is 3.02. The minimum atomic E-state index is -0.894. The van der Waals surface area contributed by atoms with Crippen LogP contribution in [0.5, 0.6) is 23.0 Å². The Morgan fingerprint density at radius 2 is 1.15 bits per heavy atom. The molecule has 0 saturated heterocycles. The predicted molar refractivity (Wildman–Crippen MR) is 126 cm³/mol. The molecule has 0 unspecified atom stereocenters. The van der Waals surface area contributed by atoms with Gasteiger partial charge in [-0.1, -0.05) is 36.4 Å². The van der Waals surface area contributed by atoms with Crippen LogP contribution in [-0.2, 0) is 9.59 Å². The second kappa shape index (κ2) is 8.23. The molecule has 5 rings (SSSR count). The topological polar surface area (TPSA) is 115 Å². The Hall–Kier alpha value is -4.32. The summed E-state index contributed by atoms with van der Waals surface area (Å²) in [6.45, 7) is 0. The Labute approximate surface area is 195 Å². The molecule has 170 valence electrons. The van der Waals surface area contributed by atoms with Gasteiger partial charge in [0.2, 0.25) is 0 Å². The van der Waals surface area contributed by atoms with Crippen molar-refractivity contribution in [2.45, 2.75) is 11.8 Å². The summed E-state index contributed by atoms with van der Waals surface area (Å²) in [5.41, 5.74) is 2.61. The van der Waals surface area contributed by atoms with Gasteiger partial charge in [-0.2, -0.15) is 0 Å². The highest BCUT2D eigenvalue weighted by Gasteiger charge is 2.56. The van der Waals surface area contributed by atoms with Gasteiger partial charge in [-0.25, -0.2) is 0 Å². The number of phenolic OH excluding ortho intramolecular Hbond substituents is 4. The van der Waals surface area contributed by atoms with Crippen molar-refractivity contribution in [3.05, 3.63) is 101 Å². The maximum atomic E-state index is 13.6. The molecule has 4 atom stereocenters. The number of carbonyl (C=O) groups is 2. The van der Waals surface area contributed by atoms with Crippen molar-refractivity contribution >= 4 is 17.6 Å². The van der Waals surface area contributed by atoms with Gasteiger partial charge in [-0.05, 0) is 64.7 Å². The second-order valence-corrected chi connectivity index (χ2v) is 8.76. The monoisotopic (exact) mass is 454 g/mol. The molecule has 0 aromatic heterocycles. The molecule has 2 aliphatic rings. The van der Waals surface area contributed by atoms with Crippen LogP contribution in [0.1, 0.15) is 28.5 Å². The Morgan fingerprint density at radius 1 is 0.588 bits per heavy atom. The fourth-order valence-electron chi connectivity index (χ4n) is 5.23. The maximum Gasteiger partial charge on any atom is 0.167 e. The molecule has 0 heterocycles. The molecule has 6 nitrogen and oxygen atoms in total.